The van der Waals surface area contributed by atoms with E-state index in [-0.39, 0.29) is 0 Å². The molecule has 4 heteroatoms. The summed E-state index contributed by atoms with van der Waals surface area (Å²) in [5, 5.41) is 10.4. The molecule has 1 rings (SSSR count). The highest BCUT2D eigenvalue weighted by molar-refractivity contribution is 5.45. The van der Waals surface area contributed by atoms with Gasteiger partial charge >= 0.3 is 5.69 Å². The SMILES string of the molecule is Cc1cc([N+](=O)[O-])c(F)c(C)c1C. The number of hydrogen-bond acceptors (Lipinski definition) is 2. The molecule has 0 saturated heterocycles. The molecular weight excluding hydrogens is 173 g/mol. The van der Waals surface area contributed by atoms with Gasteiger partial charge in [-0.15, -0.1) is 0 Å². The minimum absolute atomic E-state index is 0.353. The van der Waals surface area contributed by atoms with Crippen molar-refractivity contribution >= 4 is 5.69 Å². The molecule has 3 nitrogen and oxygen atoms in total. The van der Waals surface area contributed by atoms with Gasteiger partial charge in [0.05, 0.1) is 4.92 Å². The van der Waals surface area contributed by atoms with Crippen molar-refractivity contribution < 1.29 is 9.31 Å². The molecule has 0 aliphatic carbocycles. The van der Waals surface area contributed by atoms with Gasteiger partial charge in [0.25, 0.3) is 0 Å². The Labute approximate surface area is 75.3 Å². The summed E-state index contributed by atoms with van der Waals surface area (Å²) in [6.07, 6.45) is 0. The molecule has 0 fully saturated rings. The van der Waals surface area contributed by atoms with Crippen molar-refractivity contribution in [3.8, 4) is 0 Å². The number of nitro benzene ring substituents is 1. The lowest BCUT2D eigenvalue weighted by Gasteiger charge is -2.05. The van der Waals surface area contributed by atoms with E-state index in [1.165, 1.54) is 6.07 Å². The predicted octanol–water partition coefficient (Wildman–Crippen LogP) is 2.66. The Balaban J connectivity index is 3.50. The largest absolute Gasteiger partial charge is 0.305 e. The van der Waals surface area contributed by atoms with Crippen molar-refractivity contribution in [1.82, 2.24) is 0 Å². The van der Waals surface area contributed by atoms with Crippen LogP contribution in [0.3, 0.4) is 0 Å². The van der Waals surface area contributed by atoms with Crippen LogP contribution >= 0.6 is 0 Å². The Bertz CT molecular complexity index is 374. The van der Waals surface area contributed by atoms with Crippen molar-refractivity contribution in [3.63, 3.8) is 0 Å². The summed E-state index contributed by atoms with van der Waals surface area (Å²) in [6, 6.07) is 1.26. The number of rotatable bonds is 1. The Kier molecular flexibility index (Phi) is 2.32. The zero-order valence-corrected chi connectivity index (χ0v) is 7.72. The van der Waals surface area contributed by atoms with E-state index in [0.717, 1.165) is 11.1 Å². The maximum absolute atomic E-state index is 13.3. The highest BCUT2D eigenvalue weighted by Crippen LogP contribution is 2.25. The first-order valence-corrected chi connectivity index (χ1v) is 3.86. The quantitative estimate of drug-likeness (QED) is 0.496. The fourth-order valence-electron chi connectivity index (χ4n) is 1.16. The summed E-state index contributed by atoms with van der Waals surface area (Å²) < 4.78 is 13.3. The van der Waals surface area contributed by atoms with Crippen LogP contribution in [0.25, 0.3) is 0 Å². The van der Waals surface area contributed by atoms with Crippen molar-refractivity contribution in [1.29, 1.82) is 0 Å². The van der Waals surface area contributed by atoms with Gasteiger partial charge in [-0.05, 0) is 37.5 Å². The van der Waals surface area contributed by atoms with Crippen molar-refractivity contribution in [2.75, 3.05) is 0 Å². The van der Waals surface area contributed by atoms with E-state index in [9.17, 15) is 14.5 Å². The lowest BCUT2D eigenvalue weighted by molar-refractivity contribution is -0.387. The average Bonchev–Trinajstić information content (AvgIpc) is 2.07. The zero-order chi connectivity index (χ0) is 10.2. The summed E-state index contributed by atoms with van der Waals surface area (Å²) in [7, 11) is 0. The van der Waals surface area contributed by atoms with Crippen LogP contribution in [0.5, 0.6) is 0 Å². The van der Waals surface area contributed by atoms with Crippen LogP contribution in [0.15, 0.2) is 6.07 Å². The predicted molar refractivity (Wildman–Crippen MR) is 47.3 cm³/mol. The van der Waals surface area contributed by atoms with Crippen LogP contribution in [0.1, 0.15) is 16.7 Å². The molecular formula is C9H10FNO2. The summed E-state index contributed by atoms with van der Waals surface area (Å²) in [5.41, 5.74) is 1.42. The monoisotopic (exact) mass is 183 g/mol. The fourth-order valence-corrected chi connectivity index (χ4v) is 1.16. The summed E-state index contributed by atoms with van der Waals surface area (Å²) in [6.45, 7) is 5.02. The minimum atomic E-state index is -0.729. The van der Waals surface area contributed by atoms with Crippen LogP contribution in [-0.4, -0.2) is 4.92 Å². The Morgan fingerprint density at radius 3 is 2.31 bits per heavy atom. The molecule has 13 heavy (non-hydrogen) atoms. The second-order valence-electron chi connectivity index (χ2n) is 3.03. The highest BCUT2D eigenvalue weighted by atomic mass is 19.1. The van der Waals surface area contributed by atoms with E-state index in [0.29, 0.717) is 5.56 Å². The molecule has 0 saturated carbocycles. The van der Waals surface area contributed by atoms with Gasteiger partial charge < -0.3 is 0 Å². The van der Waals surface area contributed by atoms with Crippen molar-refractivity contribution in [3.05, 3.63) is 38.7 Å². The second-order valence-corrected chi connectivity index (χ2v) is 3.03. The lowest BCUT2D eigenvalue weighted by Crippen LogP contribution is -1.98. The molecule has 0 amide bonds. The van der Waals surface area contributed by atoms with Crippen molar-refractivity contribution in [2.45, 2.75) is 20.8 Å². The number of hydrogen-bond donors (Lipinski definition) is 0. The van der Waals surface area contributed by atoms with Gasteiger partial charge in [-0.2, -0.15) is 4.39 Å². The Morgan fingerprint density at radius 1 is 1.31 bits per heavy atom. The van der Waals surface area contributed by atoms with E-state index in [4.69, 9.17) is 0 Å². The molecule has 0 unspecified atom stereocenters. The van der Waals surface area contributed by atoms with Gasteiger partial charge in [-0.25, -0.2) is 0 Å². The molecule has 70 valence electrons. The molecule has 0 atom stereocenters. The molecule has 0 aliphatic heterocycles. The first-order chi connectivity index (χ1) is 5.95. The van der Waals surface area contributed by atoms with Gasteiger partial charge in [0.2, 0.25) is 5.82 Å². The number of nitro groups is 1. The standard InChI is InChI=1S/C9H10FNO2/c1-5-4-8(11(12)13)9(10)7(3)6(5)2/h4H,1-3H3. The average molecular weight is 183 g/mol. The number of nitrogens with zero attached hydrogens (tertiary/aromatic N) is 1. The summed E-state index contributed by atoms with van der Waals surface area (Å²) >= 11 is 0. The molecule has 1 aromatic rings. The summed E-state index contributed by atoms with van der Waals surface area (Å²) in [4.78, 5) is 9.70. The van der Waals surface area contributed by atoms with E-state index >= 15 is 0 Å². The first-order valence-electron chi connectivity index (χ1n) is 3.86. The molecule has 0 radical (unpaired) electrons. The molecule has 0 bridgehead atoms. The molecule has 1 aromatic carbocycles. The van der Waals surface area contributed by atoms with Gasteiger partial charge in [-0.3, -0.25) is 10.1 Å². The van der Waals surface area contributed by atoms with Crippen LogP contribution in [-0.2, 0) is 0 Å². The van der Waals surface area contributed by atoms with Gasteiger partial charge in [0.15, 0.2) is 0 Å². The maximum atomic E-state index is 13.3. The van der Waals surface area contributed by atoms with E-state index in [2.05, 4.69) is 0 Å². The van der Waals surface area contributed by atoms with E-state index in [1.807, 2.05) is 0 Å². The summed E-state index contributed by atoms with van der Waals surface area (Å²) in [5.74, 6) is -0.729. The minimum Gasteiger partial charge on any atom is -0.258 e. The van der Waals surface area contributed by atoms with Gasteiger partial charge in [-0.1, -0.05) is 0 Å². The Morgan fingerprint density at radius 2 is 1.85 bits per heavy atom. The lowest BCUT2D eigenvalue weighted by atomic mass is 10.0. The maximum Gasteiger partial charge on any atom is 0.305 e. The third-order valence-electron chi connectivity index (χ3n) is 2.26. The molecule has 0 aromatic heterocycles. The third-order valence-corrected chi connectivity index (χ3v) is 2.26. The van der Waals surface area contributed by atoms with E-state index in [1.54, 1.807) is 20.8 Å². The van der Waals surface area contributed by atoms with Crippen molar-refractivity contribution in [2.24, 2.45) is 0 Å². The second kappa shape index (κ2) is 3.12. The van der Waals surface area contributed by atoms with Crippen LogP contribution in [0, 0.1) is 36.7 Å². The molecule has 0 heterocycles. The topological polar surface area (TPSA) is 43.1 Å². The fraction of sp³-hybridized carbons (Fsp3) is 0.333. The number of aryl methyl sites for hydroxylation is 1. The number of benzene rings is 1. The zero-order valence-electron chi connectivity index (χ0n) is 7.72. The molecule has 0 N–H and O–H groups in total. The smallest absolute Gasteiger partial charge is 0.258 e. The van der Waals surface area contributed by atoms with Crippen LogP contribution in [0.2, 0.25) is 0 Å². The normalized spacial score (nSPS) is 10.2. The van der Waals surface area contributed by atoms with Crippen LogP contribution < -0.4 is 0 Å². The Hall–Kier alpha value is -1.45. The molecule has 0 spiro atoms. The first kappa shape index (κ1) is 9.64. The highest BCUT2D eigenvalue weighted by Gasteiger charge is 2.18. The van der Waals surface area contributed by atoms with Gasteiger partial charge in [0.1, 0.15) is 0 Å². The molecule has 0 aliphatic rings. The third kappa shape index (κ3) is 1.52. The van der Waals surface area contributed by atoms with E-state index < -0.39 is 16.4 Å². The number of halogens is 1. The van der Waals surface area contributed by atoms with Crippen LogP contribution in [0.4, 0.5) is 10.1 Å². The van der Waals surface area contributed by atoms with Gasteiger partial charge in [0, 0.05) is 6.07 Å².